The van der Waals surface area contributed by atoms with Crippen molar-refractivity contribution in [1.82, 2.24) is 10.2 Å². The monoisotopic (exact) mass is 232 g/mol. The molecule has 0 aliphatic carbocycles. The molecule has 0 aromatic carbocycles. The largest absolute Gasteiger partial charge is 0.480 e. The Labute approximate surface area is 91.4 Å². The third kappa shape index (κ3) is 2.68. The van der Waals surface area contributed by atoms with Crippen molar-refractivity contribution in [2.24, 2.45) is 5.92 Å². The summed E-state index contributed by atoms with van der Waals surface area (Å²) in [6, 6.07) is -0.985. The fraction of sp³-hybridized carbons (Fsp3) is 0.667. The number of carbonyl (C=O) groups is 3. The van der Waals surface area contributed by atoms with Gasteiger partial charge in [0.25, 0.3) is 0 Å². The van der Waals surface area contributed by atoms with Crippen molar-refractivity contribution in [3.8, 4) is 0 Å². The third-order valence-corrected chi connectivity index (χ3v) is 2.55. The normalized spacial score (nSPS) is 24.2. The first-order valence-electron chi connectivity index (χ1n) is 4.85. The third-order valence-electron chi connectivity index (χ3n) is 2.55. The zero-order valence-corrected chi connectivity index (χ0v) is 8.56. The van der Waals surface area contributed by atoms with E-state index in [2.05, 4.69) is 5.32 Å². The van der Waals surface area contributed by atoms with Gasteiger partial charge in [-0.2, -0.15) is 0 Å². The van der Waals surface area contributed by atoms with Gasteiger partial charge in [-0.25, -0.2) is 4.79 Å². The number of hydrogen-bond acceptors (Lipinski definition) is 3. The lowest BCUT2D eigenvalue weighted by Crippen LogP contribution is -2.44. The van der Waals surface area contributed by atoms with E-state index in [1.54, 1.807) is 0 Å². The number of alkyl halides is 1. The highest BCUT2D eigenvalue weighted by atomic mass is 19.1. The number of aliphatic carboxylic acids is 1. The Balaban J connectivity index is 2.64. The first-order chi connectivity index (χ1) is 7.60. The van der Waals surface area contributed by atoms with E-state index >= 15 is 0 Å². The number of halogens is 1. The van der Waals surface area contributed by atoms with Crippen LogP contribution in [0.5, 0.6) is 0 Å². The van der Waals surface area contributed by atoms with Crippen molar-refractivity contribution in [2.45, 2.75) is 12.5 Å². The first-order valence-corrected chi connectivity index (χ1v) is 4.85. The highest BCUT2D eigenvalue weighted by molar-refractivity contribution is 5.86. The molecule has 2 amide bonds. The Kier molecular flexibility index (Phi) is 4.21. The Morgan fingerprint density at radius 2 is 2.25 bits per heavy atom. The molecule has 1 rings (SSSR count). The van der Waals surface area contributed by atoms with Gasteiger partial charge in [-0.1, -0.05) is 0 Å². The van der Waals surface area contributed by atoms with Gasteiger partial charge in [-0.15, -0.1) is 0 Å². The predicted octanol–water partition coefficient (Wildman–Crippen LogP) is -0.996. The maximum Gasteiger partial charge on any atom is 0.326 e. The summed E-state index contributed by atoms with van der Waals surface area (Å²) in [7, 11) is 0. The van der Waals surface area contributed by atoms with E-state index in [1.807, 2.05) is 0 Å². The smallest absolute Gasteiger partial charge is 0.326 e. The van der Waals surface area contributed by atoms with Gasteiger partial charge in [0.1, 0.15) is 6.04 Å². The molecular formula is C9H13FN2O4. The topological polar surface area (TPSA) is 86.7 Å². The maximum atomic E-state index is 12.4. The molecule has 1 heterocycles. The van der Waals surface area contributed by atoms with E-state index in [-0.39, 0.29) is 19.5 Å². The van der Waals surface area contributed by atoms with Gasteiger partial charge >= 0.3 is 5.97 Å². The minimum absolute atomic E-state index is 0.0901. The van der Waals surface area contributed by atoms with Crippen LogP contribution in [-0.2, 0) is 14.4 Å². The highest BCUT2D eigenvalue weighted by Crippen LogP contribution is 2.23. The van der Waals surface area contributed by atoms with Gasteiger partial charge in [-0.05, 0) is 6.42 Å². The lowest BCUT2D eigenvalue weighted by atomic mass is 10.1. The molecule has 6 nitrogen and oxygen atoms in total. The summed E-state index contributed by atoms with van der Waals surface area (Å²) in [5.41, 5.74) is 0. The van der Waals surface area contributed by atoms with Crippen molar-refractivity contribution in [3.63, 3.8) is 0 Å². The second kappa shape index (κ2) is 5.43. The number of likely N-dealkylation sites (tertiary alicyclic amines) is 1. The standard InChI is InChI=1S/C9H13FN2O4/c10-2-6-1-7(9(15)16)12(4-6)8(14)3-11-5-13/h5-7H,1-4H2,(H,11,13)(H,15,16). The van der Waals surface area contributed by atoms with E-state index in [4.69, 9.17) is 5.11 Å². The van der Waals surface area contributed by atoms with Crippen molar-refractivity contribution >= 4 is 18.3 Å². The molecule has 0 aromatic rings. The molecule has 2 atom stereocenters. The van der Waals surface area contributed by atoms with Crippen LogP contribution in [0.1, 0.15) is 6.42 Å². The number of nitrogens with one attached hydrogen (secondary N) is 1. The van der Waals surface area contributed by atoms with Gasteiger partial charge in [0.15, 0.2) is 0 Å². The van der Waals surface area contributed by atoms with Crippen LogP contribution in [-0.4, -0.2) is 54.1 Å². The fourth-order valence-electron chi connectivity index (χ4n) is 1.77. The summed E-state index contributed by atoms with van der Waals surface area (Å²) in [4.78, 5) is 33.4. The second-order valence-electron chi connectivity index (χ2n) is 3.65. The summed E-state index contributed by atoms with van der Waals surface area (Å²) in [5, 5.41) is 11.0. The molecule has 0 saturated carbocycles. The average Bonchev–Trinajstić information content (AvgIpc) is 2.70. The number of carbonyl (C=O) groups excluding carboxylic acids is 2. The SMILES string of the molecule is O=CNCC(=O)N1CC(CF)CC1C(=O)O. The van der Waals surface area contributed by atoms with Crippen molar-refractivity contribution in [3.05, 3.63) is 0 Å². The Bertz CT molecular complexity index is 297. The van der Waals surface area contributed by atoms with E-state index < -0.39 is 30.5 Å². The van der Waals surface area contributed by atoms with Crippen LogP contribution < -0.4 is 5.32 Å². The molecule has 16 heavy (non-hydrogen) atoms. The molecule has 0 spiro atoms. The summed E-state index contributed by atoms with van der Waals surface area (Å²) >= 11 is 0. The number of nitrogens with zero attached hydrogens (tertiary/aromatic N) is 1. The van der Waals surface area contributed by atoms with Crippen LogP contribution in [0.15, 0.2) is 0 Å². The van der Waals surface area contributed by atoms with Gasteiger partial charge in [-0.3, -0.25) is 14.0 Å². The number of rotatable bonds is 5. The van der Waals surface area contributed by atoms with Crippen LogP contribution in [0.25, 0.3) is 0 Å². The maximum absolute atomic E-state index is 12.4. The zero-order chi connectivity index (χ0) is 12.1. The molecule has 2 N–H and O–H groups in total. The van der Waals surface area contributed by atoms with Crippen LogP contribution in [0.3, 0.4) is 0 Å². The molecular weight excluding hydrogens is 219 g/mol. The molecule has 90 valence electrons. The van der Waals surface area contributed by atoms with Crippen LogP contribution in [0, 0.1) is 5.92 Å². The zero-order valence-electron chi connectivity index (χ0n) is 8.56. The number of carboxylic acid groups (broad SMARTS) is 1. The lowest BCUT2D eigenvalue weighted by Gasteiger charge is -2.21. The van der Waals surface area contributed by atoms with Crippen molar-refractivity contribution in [1.29, 1.82) is 0 Å². The molecule has 1 fully saturated rings. The van der Waals surface area contributed by atoms with Gasteiger partial charge in [0, 0.05) is 12.5 Å². The minimum atomic E-state index is -1.14. The number of hydrogen-bond donors (Lipinski definition) is 2. The van der Waals surface area contributed by atoms with E-state index in [0.717, 1.165) is 4.90 Å². The van der Waals surface area contributed by atoms with Crippen molar-refractivity contribution in [2.75, 3.05) is 19.8 Å². The quantitative estimate of drug-likeness (QED) is 0.595. The molecule has 0 radical (unpaired) electrons. The summed E-state index contributed by atoms with van der Waals surface area (Å²) in [6.45, 7) is -0.812. The minimum Gasteiger partial charge on any atom is -0.480 e. The molecule has 1 aliphatic rings. The Hall–Kier alpha value is -1.66. The van der Waals surface area contributed by atoms with Crippen LogP contribution >= 0.6 is 0 Å². The molecule has 0 aromatic heterocycles. The molecule has 1 aliphatic heterocycles. The van der Waals surface area contributed by atoms with Crippen LogP contribution in [0.2, 0.25) is 0 Å². The summed E-state index contributed by atoms with van der Waals surface area (Å²) < 4.78 is 12.4. The number of amides is 2. The van der Waals surface area contributed by atoms with Crippen LogP contribution in [0.4, 0.5) is 4.39 Å². The molecule has 0 bridgehead atoms. The molecule has 1 saturated heterocycles. The summed E-state index contributed by atoms with van der Waals surface area (Å²) in [5.74, 6) is -2.08. The fourth-order valence-corrected chi connectivity index (χ4v) is 1.77. The van der Waals surface area contributed by atoms with Crippen molar-refractivity contribution < 1.29 is 23.9 Å². The lowest BCUT2D eigenvalue weighted by molar-refractivity contribution is -0.147. The second-order valence-corrected chi connectivity index (χ2v) is 3.65. The number of carboxylic acids is 1. The Morgan fingerprint density at radius 1 is 1.56 bits per heavy atom. The van der Waals surface area contributed by atoms with E-state index in [9.17, 15) is 18.8 Å². The molecule has 7 heteroatoms. The average molecular weight is 232 g/mol. The van der Waals surface area contributed by atoms with Gasteiger partial charge in [0.2, 0.25) is 12.3 Å². The highest BCUT2D eigenvalue weighted by Gasteiger charge is 2.39. The Morgan fingerprint density at radius 3 is 2.75 bits per heavy atom. The van der Waals surface area contributed by atoms with Gasteiger partial charge < -0.3 is 15.3 Å². The molecule has 2 unspecified atom stereocenters. The van der Waals surface area contributed by atoms with E-state index in [1.165, 1.54) is 0 Å². The van der Waals surface area contributed by atoms with E-state index in [0.29, 0.717) is 6.41 Å². The summed E-state index contributed by atoms with van der Waals surface area (Å²) in [6.07, 6.45) is 0.481. The van der Waals surface area contributed by atoms with Gasteiger partial charge in [0.05, 0.1) is 13.2 Å². The first kappa shape index (κ1) is 12.4. The predicted molar refractivity (Wildman–Crippen MR) is 51.3 cm³/mol.